The van der Waals surface area contributed by atoms with E-state index in [1.165, 1.54) is 15.6 Å². The maximum absolute atomic E-state index is 12.5. The number of carbonyl (C=O) groups is 1. The van der Waals surface area contributed by atoms with Gasteiger partial charge in [0, 0.05) is 29.3 Å². The molecule has 1 aromatic heterocycles. The summed E-state index contributed by atoms with van der Waals surface area (Å²) in [5.41, 5.74) is 8.47. The zero-order valence-corrected chi connectivity index (χ0v) is 17.6. The fraction of sp³-hybridized carbons (Fsp3) is 0.591. The van der Waals surface area contributed by atoms with Gasteiger partial charge in [0.1, 0.15) is 0 Å². The predicted octanol–water partition coefficient (Wildman–Crippen LogP) is 5.07. The number of hydrogen-bond donors (Lipinski definition) is 1. The van der Waals surface area contributed by atoms with E-state index in [2.05, 4.69) is 37.8 Å². The average molecular weight is 389 g/mol. The molecule has 2 N–H and O–H groups in total. The van der Waals surface area contributed by atoms with E-state index in [0.29, 0.717) is 31.6 Å². The number of thiophene rings is 1. The maximum atomic E-state index is 12.5. The molecule has 0 bridgehead atoms. The van der Waals surface area contributed by atoms with Gasteiger partial charge in [-0.05, 0) is 81.3 Å². The molecular weight excluding hydrogens is 356 g/mol. The average Bonchev–Trinajstić information content (AvgIpc) is 3.00. The van der Waals surface area contributed by atoms with Crippen molar-refractivity contribution in [3.05, 3.63) is 29.3 Å². The van der Waals surface area contributed by atoms with E-state index in [0.717, 1.165) is 42.9 Å². The van der Waals surface area contributed by atoms with E-state index in [4.69, 9.17) is 10.5 Å². The highest BCUT2D eigenvalue weighted by Crippen LogP contribution is 2.42. The Bertz CT molecular complexity index is 776. The van der Waals surface area contributed by atoms with Gasteiger partial charge in [0.25, 0.3) is 0 Å². The molecule has 1 aliphatic heterocycles. The second-order valence-corrected chi connectivity index (χ2v) is 8.86. The van der Waals surface area contributed by atoms with Crippen molar-refractivity contribution in [2.75, 3.05) is 32.0 Å². The smallest absolute Gasteiger partial charge is 0.165 e. The van der Waals surface area contributed by atoms with Gasteiger partial charge in [-0.3, -0.25) is 4.79 Å². The van der Waals surface area contributed by atoms with E-state index in [1.54, 1.807) is 11.3 Å². The summed E-state index contributed by atoms with van der Waals surface area (Å²) in [5.74, 6) is 0.644. The molecule has 1 aromatic carbocycles. The van der Waals surface area contributed by atoms with Gasteiger partial charge < -0.3 is 15.4 Å². The van der Waals surface area contributed by atoms with Gasteiger partial charge in [-0.2, -0.15) is 0 Å². The number of rotatable bonds is 8. The predicted molar refractivity (Wildman–Crippen MR) is 115 cm³/mol. The van der Waals surface area contributed by atoms with Crippen LogP contribution in [0.3, 0.4) is 0 Å². The Morgan fingerprint density at radius 1 is 1.30 bits per heavy atom. The highest BCUT2D eigenvalue weighted by Gasteiger charge is 2.26. The molecule has 0 amide bonds. The number of nitrogens with two attached hydrogens (primary N) is 1. The highest BCUT2D eigenvalue weighted by atomic mass is 32.1. The van der Waals surface area contributed by atoms with E-state index in [-0.39, 0.29) is 5.78 Å². The Hall–Kier alpha value is -1.43. The molecule has 148 valence electrons. The topological polar surface area (TPSA) is 55.6 Å². The van der Waals surface area contributed by atoms with Crippen molar-refractivity contribution in [3.63, 3.8) is 0 Å². The second kappa shape index (κ2) is 9.18. The molecule has 27 heavy (non-hydrogen) atoms. The summed E-state index contributed by atoms with van der Waals surface area (Å²) in [6, 6.07) is 6.66. The van der Waals surface area contributed by atoms with Crippen LogP contribution < -0.4 is 5.73 Å². The normalized spacial score (nSPS) is 16.4. The van der Waals surface area contributed by atoms with Crippen LogP contribution in [0.1, 0.15) is 68.3 Å². The van der Waals surface area contributed by atoms with Crippen LogP contribution in [0, 0.1) is 0 Å². The van der Waals surface area contributed by atoms with Crippen molar-refractivity contribution in [3.8, 4) is 0 Å². The van der Waals surface area contributed by atoms with Crippen LogP contribution in [0.15, 0.2) is 18.2 Å². The van der Waals surface area contributed by atoms with Gasteiger partial charge in [0.15, 0.2) is 5.78 Å². The summed E-state index contributed by atoms with van der Waals surface area (Å²) >= 11 is 1.65. The Morgan fingerprint density at radius 2 is 2.04 bits per heavy atom. The maximum Gasteiger partial charge on any atom is 0.165 e. The molecule has 5 heteroatoms. The lowest BCUT2D eigenvalue weighted by Gasteiger charge is -2.34. The molecule has 2 aromatic rings. The van der Waals surface area contributed by atoms with Crippen LogP contribution >= 0.6 is 11.3 Å². The fourth-order valence-electron chi connectivity index (χ4n) is 3.99. The highest BCUT2D eigenvalue weighted by molar-refractivity contribution is 7.22. The number of benzene rings is 1. The van der Waals surface area contributed by atoms with Crippen molar-refractivity contribution in [1.29, 1.82) is 0 Å². The number of anilines is 1. The molecule has 2 heterocycles. The monoisotopic (exact) mass is 388 g/mol. The lowest BCUT2D eigenvalue weighted by Crippen LogP contribution is -2.37. The first-order valence-electron chi connectivity index (χ1n) is 10.2. The molecular formula is C22H32N2O2S. The number of Topliss-reactive ketones (excluding diaryl/α,β-unsaturated/α-hetero) is 1. The van der Waals surface area contributed by atoms with Gasteiger partial charge >= 0.3 is 0 Å². The van der Waals surface area contributed by atoms with Crippen LogP contribution in [-0.2, 0) is 4.74 Å². The Labute approximate surface area is 166 Å². The molecule has 1 fully saturated rings. The number of hydrogen-bond acceptors (Lipinski definition) is 5. The summed E-state index contributed by atoms with van der Waals surface area (Å²) in [7, 11) is 0. The van der Waals surface area contributed by atoms with Crippen LogP contribution in [-0.4, -0.2) is 43.0 Å². The quantitative estimate of drug-likeness (QED) is 0.507. The summed E-state index contributed by atoms with van der Waals surface area (Å²) in [4.78, 5) is 15.1. The molecule has 1 saturated heterocycles. The first-order valence-corrected chi connectivity index (χ1v) is 11.0. The Balaban J connectivity index is 1.78. The van der Waals surface area contributed by atoms with Gasteiger partial charge in [0.05, 0.1) is 11.6 Å². The Morgan fingerprint density at radius 3 is 2.70 bits per heavy atom. The lowest BCUT2D eigenvalue weighted by atomic mass is 9.87. The SMILES string of the molecule is CCCOCCC(=O)c1ccc2sc(N)c(C3CCN(C(C)C)CC3)c2c1. The number of piperidine rings is 1. The van der Waals surface area contributed by atoms with Gasteiger partial charge in [-0.15, -0.1) is 11.3 Å². The first-order chi connectivity index (χ1) is 13.0. The van der Waals surface area contributed by atoms with Crippen LogP contribution in [0.5, 0.6) is 0 Å². The summed E-state index contributed by atoms with van der Waals surface area (Å²) in [6.07, 6.45) is 3.69. The number of ether oxygens (including phenoxy) is 1. The number of carbonyl (C=O) groups excluding carboxylic acids is 1. The minimum atomic E-state index is 0.151. The molecule has 0 atom stereocenters. The standard InChI is InChI=1S/C22H32N2O2S/c1-4-12-26-13-9-19(25)17-5-6-20-18(14-17)21(22(23)27-20)16-7-10-24(11-8-16)15(2)3/h5-6,14-16H,4,7-13,23H2,1-3H3. The van der Waals surface area contributed by atoms with Crippen molar-refractivity contribution in [1.82, 2.24) is 4.90 Å². The number of ketones is 1. The number of fused-ring (bicyclic) bond motifs is 1. The molecule has 3 rings (SSSR count). The van der Waals surface area contributed by atoms with E-state index in [9.17, 15) is 4.79 Å². The van der Waals surface area contributed by atoms with Gasteiger partial charge in [0.2, 0.25) is 0 Å². The first kappa shape index (κ1) is 20.3. The number of likely N-dealkylation sites (tertiary alicyclic amines) is 1. The largest absolute Gasteiger partial charge is 0.390 e. The van der Waals surface area contributed by atoms with E-state index < -0.39 is 0 Å². The minimum Gasteiger partial charge on any atom is -0.390 e. The Kier molecular flexibility index (Phi) is 6.90. The lowest BCUT2D eigenvalue weighted by molar-refractivity contribution is 0.0879. The molecule has 4 nitrogen and oxygen atoms in total. The van der Waals surface area contributed by atoms with Crippen LogP contribution in [0.4, 0.5) is 5.00 Å². The number of nitrogens with zero attached hydrogens (tertiary/aromatic N) is 1. The van der Waals surface area contributed by atoms with Gasteiger partial charge in [-0.1, -0.05) is 6.92 Å². The summed E-state index contributed by atoms with van der Waals surface area (Å²) in [6.45, 7) is 10.0. The summed E-state index contributed by atoms with van der Waals surface area (Å²) < 4.78 is 6.66. The van der Waals surface area contributed by atoms with E-state index >= 15 is 0 Å². The summed E-state index contributed by atoms with van der Waals surface area (Å²) in [5, 5.41) is 2.10. The molecule has 0 radical (unpaired) electrons. The third kappa shape index (κ3) is 4.71. The van der Waals surface area contributed by atoms with Crippen LogP contribution in [0.2, 0.25) is 0 Å². The fourth-order valence-corrected chi connectivity index (χ4v) is 5.03. The van der Waals surface area contributed by atoms with E-state index in [1.807, 2.05) is 6.07 Å². The zero-order chi connectivity index (χ0) is 19.4. The zero-order valence-electron chi connectivity index (χ0n) is 16.8. The minimum absolute atomic E-state index is 0.151. The number of nitrogen functional groups attached to an aromatic ring is 1. The second-order valence-electron chi connectivity index (χ2n) is 7.78. The van der Waals surface area contributed by atoms with Crippen molar-refractivity contribution >= 4 is 32.2 Å². The van der Waals surface area contributed by atoms with Crippen LogP contribution in [0.25, 0.3) is 10.1 Å². The molecule has 0 saturated carbocycles. The molecule has 1 aliphatic rings. The third-order valence-electron chi connectivity index (χ3n) is 5.57. The van der Waals surface area contributed by atoms with Crippen molar-refractivity contribution < 1.29 is 9.53 Å². The van der Waals surface area contributed by atoms with Gasteiger partial charge in [-0.25, -0.2) is 0 Å². The molecule has 0 spiro atoms. The molecule has 0 unspecified atom stereocenters. The third-order valence-corrected chi connectivity index (χ3v) is 6.58. The van der Waals surface area contributed by atoms with Crippen molar-refractivity contribution in [2.24, 2.45) is 0 Å². The van der Waals surface area contributed by atoms with Crippen molar-refractivity contribution in [2.45, 2.75) is 58.4 Å². The molecule has 0 aliphatic carbocycles.